The van der Waals surface area contributed by atoms with Crippen molar-refractivity contribution in [3.05, 3.63) is 63.6 Å². The molecular weight excluding hydrogens is 310 g/mol. The van der Waals surface area contributed by atoms with Gasteiger partial charge in [-0.3, -0.25) is 10.1 Å². The Bertz CT molecular complexity index is 562. The van der Waals surface area contributed by atoms with Crippen molar-refractivity contribution in [3.8, 4) is 0 Å². The van der Waals surface area contributed by atoms with Gasteiger partial charge in [0.15, 0.2) is 0 Å². The number of rotatable bonds is 5. The first-order valence-corrected chi connectivity index (χ1v) is 6.97. The van der Waals surface area contributed by atoms with E-state index >= 15 is 0 Å². The van der Waals surface area contributed by atoms with Crippen molar-refractivity contribution in [2.75, 3.05) is 0 Å². The number of nitro benzene ring substituents is 1. The van der Waals surface area contributed by atoms with E-state index < -0.39 is 0 Å². The summed E-state index contributed by atoms with van der Waals surface area (Å²) in [5.74, 6) is 0.976. The third-order valence-corrected chi connectivity index (χ3v) is 3.82. The molecule has 0 N–H and O–H groups in total. The van der Waals surface area contributed by atoms with Crippen LogP contribution in [0, 0.1) is 10.1 Å². The number of hydrogen-bond acceptors (Lipinski definition) is 3. The smallest absolute Gasteiger partial charge is 0.269 e. The van der Waals surface area contributed by atoms with Crippen molar-refractivity contribution in [2.24, 2.45) is 0 Å². The molecule has 0 spiro atoms. The summed E-state index contributed by atoms with van der Waals surface area (Å²) in [6.07, 6.45) is 3.31. The van der Waals surface area contributed by atoms with E-state index in [9.17, 15) is 10.1 Å². The van der Waals surface area contributed by atoms with Gasteiger partial charge in [-0.25, -0.2) is 0 Å². The third kappa shape index (κ3) is 3.23. The Morgan fingerprint density at radius 2 is 2.00 bits per heavy atom. The normalized spacial score (nSPS) is 12.3. The highest BCUT2D eigenvalue weighted by atomic mass is 79.9. The van der Waals surface area contributed by atoms with Crippen molar-refractivity contribution in [2.45, 2.75) is 24.6 Å². The maximum Gasteiger partial charge on any atom is 0.269 e. The Labute approximate surface area is 119 Å². The lowest BCUT2D eigenvalue weighted by Gasteiger charge is -2.09. The summed E-state index contributed by atoms with van der Waals surface area (Å²) >= 11 is 3.65. The number of hydrogen-bond donors (Lipinski definition) is 0. The van der Waals surface area contributed by atoms with Gasteiger partial charge in [0.05, 0.1) is 11.2 Å². The molecule has 0 aliphatic heterocycles. The monoisotopic (exact) mass is 323 g/mol. The molecule has 0 fully saturated rings. The van der Waals surface area contributed by atoms with Crippen LogP contribution in [0.25, 0.3) is 0 Å². The lowest BCUT2D eigenvalue weighted by Crippen LogP contribution is -1.97. The van der Waals surface area contributed by atoms with Gasteiger partial charge >= 0.3 is 0 Å². The Hall–Kier alpha value is -1.62. The van der Waals surface area contributed by atoms with Crippen LogP contribution >= 0.6 is 15.9 Å². The van der Waals surface area contributed by atoms with Crippen molar-refractivity contribution in [1.82, 2.24) is 0 Å². The van der Waals surface area contributed by atoms with Crippen LogP contribution in [0.15, 0.2) is 41.0 Å². The van der Waals surface area contributed by atoms with E-state index in [0.717, 1.165) is 29.7 Å². The number of nitrogens with zero attached hydrogens (tertiary/aromatic N) is 1. The maximum atomic E-state index is 10.6. The Kier molecular flexibility index (Phi) is 4.37. The first-order chi connectivity index (χ1) is 9.11. The van der Waals surface area contributed by atoms with E-state index in [1.807, 2.05) is 13.0 Å². The summed E-state index contributed by atoms with van der Waals surface area (Å²) in [7, 11) is 0. The molecule has 1 heterocycles. The molecule has 1 unspecified atom stereocenters. The number of furan rings is 1. The fourth-order valence-corrected chi connectivity index (χ4v) is 2.77. The van der Waals surface area contributed by atoms with Crippen molar-refractivity contribution in [3.63, 3.8) is 0 Å². The minimum atomic E-state index is -0.388. The average Bonchev–Trinajstić information content (AvgIpc) is 2.87. The molecule has 100 valence electrons. The number of aryl methyl sites for hydroxylation is 1. The van der Waals surface area contributed by atoms with Crippen LogP contribution in [-0.2, 0) is 12.8 Å². The van der Waals surface area contributed by atoms with Gasteiger partial charge in [-0.05, 0) is 18.1 Å². The van der Waals surface area contributed by atoms with E-state index in [-0.39, 0.29) is 15.4 Å². The van der Waals surface area contributed by atoms with Crippen LogP contribution in [0.3, 0.4) is 0 Å². The van der Waals surface area contributed by atoms with Gasteiger partial charge in [-0.1, -0.05) is 35.0 Å². The van der Waals surface area contributed by atoms with Gasteiger partial charge in [-0.2, -0.15) is 0 Å². The molecule has 0 aliphatic rings. The number of benzene rings is 1. The van der Waals surface area contributed by atoms with Crippen molar-refractivity contribution < 1.29 is 9.34 Å². The number of non-ortho nitro benzene ring substituents is 1. The van der Waals surface area contributed by atoms with E-state index in [1.165, 1.54) is 12.1 Å². The largest absolute Gasteiger partial charge is 0.469 e. The van der Waals surface area contributed by atoms with E-state index in [0.29, 0.717) is 0 Å². The lowest BCUT2D eigenvalue weighted by atomic mass is 10.0. The predicted octanol–water partition coefficient (Wildman–Crippen LogP) is 4.43. The second-order valence-electron chi connectivity index (χ2n) is 4.25. The third-order valence-electron chi connectivity index (χ3n) is 3.00. The fraction of sp³-hybridized carbons (Fsp3) is 0.286. The molecule has 19 heavy (non-hydrogen) atoms. The van der Waals surface area contributed by atoms with Crippen LogP contribution in [0.4, 0.5) is 5.69 Å². The van der Waals surface area contributed by atoms with Crippen LogP contribution in [0.2, 0.25) is 0 Å². The van der Waals surface area contributed by atoms with E-state index in [4.69, 9.17) is 4.42 Å². The molecule has 0 saturated heterocycles. The van der Waals surface area contributed by atoms with Crippen molar-refractivity contribution >= 4 is 21.6 Å². The molecule has 4 nitrogen and oxygen atoms in total. The van der Waals surface area contributed by atoms with Gasteiger partial charge in [0, 0.05) is 28.9 Å². The maximum absolute atomic E-state index is 10.6. The summed E-state index contributed by atoms with van der Waals surface area (Å²) in [5, 5.41) is 10.6. The van der Waals surface area contributed by atoms with Crippen LogP contribution in [0.1, 0.15) is 28.6 Å². The molecule has 0 aliphatic carbocycles. The van der Waals surface area contributed by atoms with E-state index in [1.54, 1.807) is 18.4 Å². The minimum absolute atomic E-state index is 0.118. The number of alkyl halides is 1. The topological polar surface area (TPSA) is 56.3 Å². The molecule has 2 aromatic rings. The zero-order valence-electron chi connectivity index (χ0n) is 10.5. The van der Waals surface area contributed by atoms with Gasteiger partial charge in [-0.15, -0.1) is 0 Å². The first kappa shape index (κ1) is 13.8. The minimum Gasteiger partial charge on any atom is -0.469 e. The van der Waals surface area contributed by atoms with Crippen LogP contribution in [0.5, 0.6) is 0 Å². The Morgan fingerprint density at radius 1 is 1.32 bits per heavy atom. The first-order valence-electron chi connectivity index (χ1n) is 6.05. The number of halogens is 1. The van der Waals surface area contributed by atoms with Gasteiger partial charge < -0.3 is 4.42 Å². The quantitative estimate of drug-likeness (QED) is 0.464. The molecule has 0 saturated carbocycles. The molecule has 0 bridgehead atoms. The fourth-order valence-electron chi connectivity index (χ4n) is 1.99. The highest BCUT2D eigenvalue weighted by Crippen LogP contribution is 2.31. The summed E-state index contributed by atoms with van der Waals surface area (Å²) in [6, 6.07) is 8.61. The highest BCUT2D eigenvalue weighted by Gasteiger charge is 2.15. The predicted molar refractivity (Wildman–Crippen MR) is 76.6 cm³/mol. The second-order valence-corrected chi connectivity index (χ2v) is 5.35. The molecule has 1 aromatic heterocycles. The standard InChI is InChI=1S/C14H14BrNO3/c1-2-14-12(7-8-19-14)13(15)9-10-3-5-11(6-4-10)16(17)18/h3-8,13H,2,9H2,1H3. The molecule has 0 amide bonds. The SMILES string of the molecule is CCc1occc1C(Br)Cc1ccc([N+](=O)[O-])cc1. The molecule has 1 aromatic carbocycles. The van der Waals surface area contributed by atoms with Crippen molar-refractivity contribution in [1.29, 1.82) is 0 Å². The Morgan fingerprint density at radius 3 is 2.58 bits per heavy atom. The zero-order chi connectivity index (χ0) is 13.8. The number of nitro groups is 1. The summed E-state index contributed by atoms with van der Waals surface area (Å²) in [4.78, 5) is 10.4. The Balaban J connectivity index is 2.10. The van der Waals surface area contributed by atoms with Gasteiger partial charge in [0.25, 0.3) is 5.69 Å². The summed E-state index contributed by atoms with van der Waals surface area (Å²) in [5.41, 5.74) is 2.31. The lowest BCUT2D eigenvalue weighted by molar-refractivity contribution is -0.384. The molecule has 0 radical (unpaired) electrons. The molecular formula is C14H14BrNO3. The van der Waals surface area contributed by atoms with E-state index in [2.05, 4.69) is 15.9 Å². The zero-order valence-corrected chi connectivity index (χ0v) is 12.1. The highest BCUT2D eigenvalue weighted by molar-refractivity contribution is 9.09. The van der Waals surface area contributed by atoms with Crippen LogP contribution in [-0.4, -0.2) is 4.92 Å². The molecule has 2 rings (SSSR count). The van der Waals surface area contributed by atoms with Gasteiger partial charge in [0.2, 0.25) is 0 Å². The summed E-state index contributed by atoms with van der Waals surface area (Å²) < 4.78 is 5.40. The average molecular weight is 324 g/mol. The molecule has 1 atom stereocenters. The van der Waals surface area contributed by atoms with Crippen LogP contribution < -0.4 is 0 Å². The summed E-state index contributed by atoms with van der Waals surface area (Å²) in [6.45, 7) is 2.05. The molecule has 5 heteroatoms. The second kappa shape index (κ2) is 6.02. The van der Waals surface area contributed by atoms with Gasteiger partial charge in [0.1, 0.15) is 5.76 Å².